The number of rotatable bonds is 7. The fourth-order valence-corrected chi connectivity index (χ4v) is 3.84. The molecule has 0 saturated heterocycles. The van der Waals surface area contributed by atoms with E-state index < -0.39 is 0 Å². The molecule has 0 aromatic carbocycles. The van der Waals surface area contributed by atoms with Crippen molar-refractivity contribution in [1.82, 2.24) is 4.90 Å². The van der Waals surface area contributed by atoms with Gasteiger partial charge in [-0.05, 0) is 44.6 Å². The number of likely N-dealkylation sites (N-methyl/N-ethyl adjacent to an activating group) is 1. The van der Waals surface area contributed by atoms with Gasteiger partial charge in [0.15, 0.2) is 0 Å². The Kier molecular flexibility index (Phi) is 6.82. The van der Waals surface area contributed by atoms with Crippen LogP contribution in [0.15, 0.2) is 0 Å². The monoisotopic (exact) mass is 268 g/mol. The highest BCUT2D eigenvalue weighted by Crippen LogP contribution is 2.35. The first-order valence-corrected chi connectivity index (χ1v) is 8.42. The fourth-order valence-electron chi connectivity index (χ4n) is 3.84. The van der Waals surface area contributed by atoms with Crippen LogP contribution in [0.25, 0.3) is 0 Å². The Morgan fingerprint density at radius 2 is 2.00 bits per heavy atom. The van der Waals surface area contributed by atoms with Crippen LogP contribution in [-0.2, 0) is 0 Å². The summed E-state index contributed by atoms with van der Waals surface area (Å²) in [5, 5.41) is 0. The topological polar surface area (TPSA) is 29.3 Å². The van der Waals surface area contributed by atoms with Crippen molar-refractivity contribution in [2.75, 3.05) is 13.6 Å². The molecule has 1 rings (SSSR count). The van der Waals surface area contributed by atoms with Crippen molar-refractivity contribution >= 4 is 0 Å². The molecule has 0 heterocycles. The molecule has 2 N–H and O–H groups in total. The third kappa shape index (κ3) is 4.19. The molecule has 2 heteroatoms. The van der Waals surface area contributed by atoms with Crippen molar-refractivity contribution in [3.63, 3.8) is 0 Å². The van der Waals surface area contributed by atoms with Crippen molar-refractivity contribution in [3.8, 4) is 0 Å². The Labute approximate surface area is 121 Å². The lowest BCUT2D eigenvalue weighted by Gasteiger charge is -2.48. The maximum Gasteiger partial charge on any atom is 0.0331 e. The highest BCUT2D eigenvalue weighted by Gasteiger charge is 2.37. The normalized spacial score (nSPS) is 29.2. The molecular weight excluding hydrogens is 232 g/mol. The molecule has 19 heavy (non-hydrogen) atoms. The molecule has 1 fully saturated rings. The maximum absolute atomic E-state index is 6.22. The Morgan fingerprint density at radius 1 is 1.32 bits per heavy atom. The smallest absolute Gasteiger partial charge is 0.0331 e. The lowest BCUT2D eigenvalue weighted by Crippen LogP contribution is -2.57. The summed E-state index contributed by atoms with van der Waals surface area (Å²) in [6.07, 6.45) is 9.22. The van der Waals surface area contributed by atoms with Gasteiger partial charge in [0.1, 0.15) is 0 Å². The van der Waals surface area contributed by atoms with Gasteiger partial charge in [0.25, 0.3) is 0 Å². The SMILES string of the molecule is CCC(C)CC(CC)(CN)N(C)C1CCCC(C)C1. The number of nitrogens with two attached hydrogens (primary N) is 1. The van der Waals surface area contributed by atoms with Crippen molar-refractivity contribution in [2.45, 2.75) is 84.2 Å². The molecule has 0 amide bonds. The average molecular weight is 268 g/mol. The van der Waals surface area contributed by atoms with E-state index in [1.165, 1.54) is 44.9 Å². The Balaban J connectivity index is 2.78. The van der Waals surface area contributed by atoms with Crippen LogP contribution >= 0.6 is 0 Å². The van der Waals surface area contributed by atoms with Crippen LogP contribution in [0.1, 0.15) is 72.6 Å². The van der Waals surface area contributed by atoms with E-state index in [9.17, 15) is 0 Å². The average Bonchev–Trinajstić information content (AvgIpc) is 2.44. The van der Waals surface area contributed by atoms with Crippen molar-refractivity contribution in [3.05, 3.63) is 0 Å². The number of hydrogen-bond donors (Lipinski definition) is 1. The predicted octanol–water partition coefficient (Wildman–Crippen LogP) is 4.04. The van der Waals surface area contributed by atoms with Gasteiger partial charge in [-0.25, -0.2) is 0 Å². The van der Waals surface area contributed by atoms with Gasteiger partial charge in [0, 0.05) is 18.1 Å². The lowest BCUT2D eigenvalue weighted by molar-refractivity contribution is 0.0274. The zero-order chi connectivity index (χ0) is 14.5. The van der Waals surface area contributed by atoms with E-state index in [4.69, 9.17) is 5.73 Å². The van der Waals surface area contributed by atoms with Gasteiger partial charge < -0.3 is 5.73 Å². The molecule has 114 valence electrons. The summed E-state index contributed by atoms with van der Waals surface area (Å²) in [7, 11) is 2.33. The van der Waals surface area contributed by atoms with Crippen LogP contribution in [0, 0.1) is 11.8 Å². The molecule has 0 aliphatic heterocycles. The van der Waals surface area contributed by atoms with Crippen molar-refractivity contribution in [2.24, 2.45) is 17.6 Å². The second-order valence-corrected chi connectivity index (χ2v) is 7.04. The van der Waals surface area contributed by atoms with E-state index in [2.05, 4.69) is 39.6 Å². The standard InChI is InChI=1S/C17H36N2/c1-6-14(3)12-17(7-2,13-18)19(5)16-10-8-9-15(4)11-16/h14-16H,6-13,18H2,1-5H3. The fraction of sp³-hybridized carbons (Fsp3) is 1.00. The predicted molar refractivity (Wildman–Crippen MR) is 85.3 cm³/mol. The lowest BCUT2D eigenvalue weighted by atomic mass is 9.79. The number of hydrogen-bond acceptors (Lipinski definition) is 2. The van der Waals surface area contributed by atoms with Crippen LogP contribution < -0.4 is 5.73 Å². The summed E-state index contributed by atoms with van der Waals surface area (Å²) < 4.78 is 0. The molecule has 1 aliphatic carbocycles. The minimum absolute atomic E-state index is 0.219. The molecular formula is C17H36N2. The summed E-state index contributed by atoms with van der Waals surface area (Å²) in [5.74, 6) is 1.66. The summed E-state index contributed by atoms with van der Waals surface area (Å²) >= 11 is 0. The van der Waals surface area contributed by atoms with Crippen LogP contribution in [0.5, 0.6) is 0 Å². The van der Waals surface area contributed by atoms with E-state index >= 15 is 0 Å². The third-order valence-electron chi connectivity index (χ3n) is 5.67. The molecule has 1 aliphatic rings. The minimum atomic E-state index is 0.219. The van der Waals surface area contributed by atoms with E-state index in [1.807, 2.05) is 0 Å². The van der Waals surface area contributed by atoms with Gasteiger partial charge in [-0.15, -0.1) is 0 Å². The van der Waals surface area contributed by atoms with Gasteiger partial charge in [0.2, 0.25) is 0 Å². The molecule has 4 atom stereocenters. The third-order valence-corrected chi connectivity index (χ3v) is 5.67. The van der Waals surface area contributed by atoms with Gasteiger partial charge in [0.05, 0.1) is 0 Å². The van der Waals surface area contributed by atoms with Crippen LogP contribution in [0.3, 0.4) is 0 Å². The zero-order valence-electron chi connectivity index (χ0n) is 13.9. The first-order chi connectivity index (χ1) is 8.99. The number of nitrogens with zero attached hydrogens (tertiary/aromatic N) is 1. The van der Waals surface area contributed by atoms with E-state index in [0.29, 0.717) is 0 Å². The highest BCUT2D eigenvalue weighted by atomic mass is 15.2. The van der Waals surface area contributed by atoms with E-state index in [1.54, 1.807) is 0 Å². The maximum atomic E-state index is 6.22. The molecule has 1 saturated carbocycles. The summed E-state index contributed by atoms with van der Waals surface area (Å²) in [5.41, 5.74) is 6.44. The van der Waals surface area contributed by atoms with E-state index in [-0.39, 0.29) is 5.54 Å². The first kappa shape index (κ1) is 17.0. The second-order valence-electron chi connectivity index (χ2n) is 7.04. The van der Waals surface area contributed by atoms with Gasteiger partial charge >= 0.3 is 0 Å². The molecule has 0 aromatic heterocycles. The Bertz CT molecular complexity index is 248. The summed E-state index contributed by atoms with van der Waals surface area (Å²) in [6, 6.07) is 0.747. The van der Waals surface area contributed by atoms with Crippen molar-refractivity contribution < 1.29 is 0 Å². The molecule has 0 bridgehead atoms. The molecule has 0 spiro atoms. The van der Waals surface area contributed by atoms with Crippen molar-refractivity contribution in [1.29, 1.82) is 0 Å². The van der Waals surface area contributed by atoms with E-state index in [0.717, 1.165) is 24.4 Å². The molecule has 0 aromatic rings. The van der Waals surface area contributed by atoms with Crippen LogP contribution in [0.2, 0.25) is 0 Å². The van der Waals surface area contributed by atoms with Gasteiger partial charge in [-0.1, -0.05) is 47.0 Å². The first-order valence-electron chi connectivity index (χ1n) is 8.42. The van der Waals surface area contributed by atoms with Crippen LogP contribution in [-0.4, -0.2) is 30.1 Å². The Hall–Kier alpha value is -0.0800. The summed E-state index contributed by atoms with van der Waals surface area (Å²) in [6.45, 7) is 10.2. The van der Waals surface area contributed by atoms with Gasteiger partial charge in [-0.3, -0.25) is 4.90 Å². The Morgan fingerprint density at radius 3 is 2.47 bits per heavy atom. The summed E-state index contributed by atoms with van der Waals surface area (Å²) in [4.78, 5) is 2.66. The second kappa shape index (κ2) is 7.64. The van der Waals surface area contributed by atoms with Gasteiger partial charge in [-0.2, -0.15) is 0 Å². The quantitative estimate of drug-likeness (QED) is 0.755. The van der Waals surface area contributed by atoms with Crippen LogP contribution in [0.4, 0.5) is 0 Å². The molecule has 4 unspecified atom stereocenters. The molecule has 0 radical (unpaired) electrons. The minimum Gasteiger partial charge on any atom is -0.329 e. The largest absolute Gasteiger partial charge is 0.329 e. The highest BCUT2D eigenvalue weighted by molar-refractivity contribution is 4.94. The zero-order valence-corrected chi connectivity index (χ0v) is 13.9. The molecule has 2 nitrogen and oxygen atoms in total.